The molecule has 21 heavy (non-hydrogen) atoms. The first kappa shape index (κ1) is 13.7. The number of hydrogen-bond acceptors (Lipinski definition) is 2. The fraction of sp³-hybridized carbons (Fsp3) is 0.167. The first-order valence-electron chi connectivity index (χ1n) is 6.87. The van der Waals surface area contributed by atoms with Crippen LogP contribution < -0.4 is 0 Å². The molecule has 3 aromatic rings. The van der Waals surface area contributed by atoms with Crippen LogP contribution in [-0.4, -0.2) is 10.1 Å². The average molecular weight is 281 g/mol. The molecule has 3 rings (SSSR count). The lowest BCUT2D eigenvalue weighted by Crippen LogP contribution is -2.24. The molecule has 0 aliphatic carbocycles. The molecule has 1 unspecified atom stereocenters. The standard InChI is InChI=1S/C18H16FNO/c1-18(21,12-13-7-9-15(19)10-8-13)16-6-2-4-14-5-3-11-20-17(14)16/h2-11,21H,12H2,1H3. The van der Waals surface area contributed by atoms with Crippen LogP contribution in [0.2, 0.25) is 0 Å². The van der Waals surface area contributed by atoms with Gasteiger partial charge in [-0.2, -0.15) is 0 Å². The van der Waals surface area contributed by atoms with Gasteiger partial charge in [0.1, 0.15) is 5.82 Å². The Morgan fingerprint density at radius 3 is 2.52 bits per heavy atom. The van der Waals surface area contributed by atoms with E-state index < -0.39 is 5.60 Å². The number of benzene rings is 2. The Morgan fingerprint density at radius 1 is 1.05 bits per heavy atom. The summed E-state index contributed by atoms with van der Waals surface area (Å²) in [6.45, 7) is 1.76. The van der Waals surface area contributed by atoms with E-state index in [1.54, 1.807) is 25.3 Å². The Hall–Kier alpha value is -2.26. The molecular formula is C18H16FNO. The lowest BCUT2D eigenvalue weighted by Gasteiger charge is -2.25. The van der Waals surface area contributed by atoms with Crippen molar-refractivity contribution in [3.8, 4) is 0 Å². The SMILES string of the molecule is CC(O)(Cc1ccc(F)cc1)c1cccc2cccnc12. The molecule has 0 saturated heterocycles. The van der Waals surface area contributed by atoms with Crippen molar-refractivity contribution in [1.82, 2.24) is 4.98 Å². The summed E-state index contributed by atoms with van der Waals surface area (Å²) < 4.78 is 13.0. The van der Waals surface area contributed by atoms with Crippen molar-refractivity contribution in [2.75, 3.05) is 0 Å². The number of fused-ring (bicyclic) bond motifs is 1. The second-order valence-electron chi connectivity index (χ2n) is 5.46. The van der Waals surface area contributed by atoms with Gasteiger partial charge in [-0.25, -0.2) is 4.39 Å². The lowest BCUT2D eigenvalue weighted by atomic mass is 9.87. The van der Waals surface area contributed by atoms with Gasteiger partial charge in [0.15, 0.2) is 0 Å². The Labute approximate surface area is 122 Å². The van der Waals surface area contributed by atoms with E-state index in [4.69, 9.17) is 0 Å². The van der Waals surface area contributed by atoms with Gasteiger partial charge < -0.3 is 5.11 Å². The fourth-order valence-electron chi connectivity index (χ4n) is 2.63. The third kappa shape index (κ3) is 2.78. The van der Waals surface area contributed by atoms with E-state index >= 15 is 0 Å². The van der Waals surface area contributed by atoms with E-state index in [1.807, 2.05) is 30.3 Å². The van der Waals surface area contributed by atoms with Crippen molar-refractivity contribution in [3.63, 3.8) is 0 Å². The minimum Gasteiger partial charge on any atom is -0.385 e. The van der Waals surface area contributed by atoms with E-state index in [9.17, 15) is 9.50 Å². The molecule has 0 amide bonds. The van der Waals surface area contributed by atoms with Gasteiger partial charge in [-0.1, -0.05) is 36.4 Å². The fourth-order valence-corrected chi connectivity index (χ4v) is 2.63. The Kier molecular flexibility index (Phi) is 3.43. The molecule has 1 aromatic heterocycles. The smallest absolute Gasteiger partial charge is 0.123 e. The van der Waals surface area contributed by atoms with Crippen molar-refractivity contribution in [3.05, 3.63) is 77.7 Å². The van der Waals surface area contributed by atoms with Crippen LogP contribution >= 0.6 is 0 Å². The summed E-state index contributed by atoms with van der Waals surface area (Å²) >= 11 is 0. The highest BCUT2D eigenvalue weighted by atomic mass is 19.1. The Morgan fingerprint density at radius 2 is 1.76 bits per heavy atom. The van der Waals surface area contributed by atoms with Crippen molar-refractivity contribution in [2.45, 2.75) is 18.9 Å². The van der Waals surface area contributed by atoms with Gasteiger partial charge in [0, 0.05) is 23.6 Å². The highest BCUT2D eigenvalue weighted by molar-refractivity contribution is 5.82. The van der Waals surface area contributed by atoms with Crippen LogP contribution in [0.15, 0.2) is 60.8 Å². The molecular weight excluding hydrogens is 265 g/mol. The van der Waals surface area contributed by atoms with Crippen LogP contribution in [-0.2, 0) is 12.0 Å². The van der Waals surface area contributed by atoms with E-state index in [2.05, 4.69) is 4.98 Å². The van der Waals surface area contributed by atoms with E-state index in [1.165, 1.54) is 12.1 Å². The maximum absolute atomic E-state index is 13.0. The molecule has 0 saturated carbocycles. The number of hydrogen-bond donors (Lipinski definition) is 1. The zero-order valence-corrected chi connectivity index (χ0v) is 11.8. The van der Waals surface area contributed by atoms with Gasteiger partial charge in [-0.15, -0.1) is 0 Å². The second kappa shape index (κ2) is 5.26. The summed E-state index contributed by atoms with van der Waals surface area (Å²) in [5.41, 5.74) is 1.40. The number of aliphatic hydroxyl groups is 1. The molecule has 0 aliphatic rings. The third-order valence-electron chi connectivity index (χ3n) is 3.67. The Balaban J connectivity index is 2.01. The number of aromatic nitrogens is 1. The van der Waals surface area contributed by atoms with Crippen molar-refractivity contribution in [1.29, 1.82) is 0 Å². The Bertz CT molecular complexity index is 760. The first-order chi connectivity index (χ1) is 10.1. The molecule has 0 fully saturated rings. The number of para-hydroxylation sites is 1. The maximum Gasteiger partial charge on any atom is 0.123 e. The van der Waals surface area contributed by atoms with Gasteiger partial charge in [0.05, 0.1) is 11.1 Å². The molecule has 1 atom stereocenters. The molecule has 2 nitrogen and oxygen atoms in total. The predicted molar refractivity (Wildman–Crippen MR) is 81.4 cm³/mol. The normalized spacial score (nSPS) is 14.0. The number of pyridine rings is 1. The molecule has 2 aromatic carbocycles. The van der Waals surface area contributed by atoms with Gasteiger partial charge in [-0.3, -0.25) is 4.98 Å². The molecule has 0 aliphatic heterocycles. The van der Waals surface area contributed by atoms with Crippen molar-refractivity contribution < 1.29 is 9.50 Å². The lowest BCUT2D eigenvalue weighted by molar-refractivity contribution is 0.0590. The van der Waals surface area contributed by atoms with E-state index in [0.717, 1.165) is 22.0 Å². The summed E-state index contributed by atoms with van der Waals surface area (Å²) in [5.74, 6) is -0.273. The van der Waals surface area contributed by atoms with E-state index in [0.29, 0.717) is 6.42 Å². The van der Waals surface area contributed by atoms with Gasteiger partial charge in [0.2, 0.25) is 0 Å². The maximum atomic E-state index is 13.0. The summed E-state index contributed by atoms with van der Waals surface area (Å²) in [6, 6.07) is 15.8. The summed E-state index contributed by atoms with van der Waals surface area (Å²) in [4.78, 5) is 4.38. The minimum atomic E-state index is -1.06. The average Bonchev–Trinajstić information content (AvgIpc) is 2.49. The highest BCUT2D eigenvalue weighted by Gasteiger charge is 2.26. The van der Waals surface area contributed by atoms with Crippen LogP contribution in [0, 0.1) is 5.82 Å². The molecule has 106 valence electrons. The zero-order chi connectivity index (χ0) is 14.9. The van der Waals surface area contributed by atoms with Crippen LogP contribution in [0.5, 0.6) is 0 Å². The molecule has 0 bridgehead atoms. The molecule has 3 heteroatoms. The predicted octanol–water partition coefficient (Wildman–Crippen LogP) is 3.82. The molecule has 1 heterocycles. The van der Waals surface area contributed by atoms with Gasteiger partial charge in [-0.05, 0) is 30.7 Å². The second-order valence-corrected chi connectivity index (χ2v) is 5.46. The number of rotatable bonds is 3. The molecule has 0 spiro atoms. The van der Waals surface area contributed by atoms with Crippen LogP contribution in [0.3, 0.4) is 0 Å². The topological polar surface area (TPSA) is 33.1 Å². The van der Waals surface area contributed by atoms with Crippen LogP contribution in [0.4, 0.5) is 4.39 Å². The zero-order valence-electron chi connectivity index (χ0n) is 11.8. The quantitative estimate of drug-likeness (QED) is 0.791. The summed E-state index contributed by atoms with van der Waals surface area (Å²) in [5, 5.41) is 11.9. The largest absolute Gasteiger partial charge is 0.385 e. The van der Waals surface area contributed by atoms with Crippen LogP contribution in [0.1, 0.15) is 18.1 Å². The van der Waals surface area contributed by atoms with Crippen molar-refractivity contribution in [2.24, 2.45) is 0 Å². The minimum absolute atomic E-state index is 0.273. The number of halogens is 1. The van der Waals surface area contributed by atoms with Crippen molar-refractivity contribution >= 4 is 10.9 Å². The summed E-state index contributed by atoms with van der Waals surface area (Å²) in [6.07, 6.45) is 2.13. The third-order valence-corrected chi connectivity index (χ3v) is 3.67. The number of nitrogens with zero attached hydrogens (tertiary/aromatic N) is 1. The van der Waals surface area contributed by atoms with E-state index in [-0.39, 0.29) is 5.82 Å². The highest BCUT2D eigenvalue weighted by Crippen LogP contribution is 2.30. The molecule has 0 radical (unpaired) electrons. The first-order valence-corrected chi connectivity index (χ1v) is 6.87. The molecule has 1 N–H and O–H groups in total. The van der Waals surface area contributed by atoms with Gasteiger partial charge >= 0.3 is 0 Å². The van der Waals surface area contributed by atoms with Crippen LogP contribution in [0.25, 0.3) is 10.9 Å². The van der Waals surface area contributed by atoms with Gasteiger partial charge in [0.25, 0.3) is 0 Å². The monoisotopic (exact) mass is 281 g/mol. The summed E-state index contributed by atoms with van der Waals surface area (Å²) in [7, 11) is 0.